The summed E-state index contributed by atoms with van der Waals surface area (Å²) in [5, 5.41) is 14.1. The van der Waals surface area contributed by atoms with Crippen LogP contribution in [0.1, 0.15) is 0 Å². The van der Waals surface area contributed by atoms with Crippen molar-refractivity contribution >= 4 is 11.6 Å². The average Bonchev–Trinajstić information content (AvgIpc) is 2.89. The largest absolute Gasteiger partial charge is 0.505 e. The van der Waals surface area contributed by atoms with Gasteiger partial charge in [0.1, 0.15) is 5.75 Å². The molecule has 0 aliphatic heterocycles. The number of nitrogens with zero attached hydrogens (tertiary/aromatic N) is 3. The lowest BCUT2D eigenvalue weighted by molar-refractivity contribution is 0.423. The maximum Gasteiger partial charge on any atom is 0.280 e. The van der Waals surface area contributed by atoms with Gasteiger partial charge in [-0.25, -0.2) is 4.98 Å². The minimum absolute atomic E-state index is 0.0104. The third-order valence-electron chi connectivity index (χ3n) is 2.50. The Labute approximate surface area is 113 Å². The second kappa shape index (κ2) is 4.70. The first-order chi connectivity index (χ1) is 9.24. The van der Waals surface area contributed by atoms with Gasteiger partial charge in [-0.2, -0.15) is 4.98 Å². The molecule has 0 saturated heterocycles. The molecule has 0 aliphatic carbocycles. The summed E-state index contributed by atoms with van der Waals surface area (Å²) < 4.78 is 5.10. The fraction of sp³-hybridized carbons (Fsp3) is 0. The molecule has 0 fully saturated rings. The highest BCUT2D eigenvalue weighted by molar-refractivity contribution is 6.30. The van der Waals surface area contributed by atoms with Gasteiger partial charge in [-0.1, -0.05) is 28.9 Å². The number of benzene rings is 1. The van der Waals surface area contributed by atoms with Gasteiger partial charge >= 0.3 is 0 Å². The van der Waals surface area contributed by atoms with Crippen LogP contribution < -0.4 is 0 Å². The van der Waals surface area contributed by atoms with Gasteiger partial charge in [0.15, 0.2) is 5.69 Å². The SMILES string of the molecule is Oc1cccnc1-c1nc(-c2cccc(Cl)c2)no1. The highest BCUT2D eigenvalue weighted by Crippen LogP contribution is 2.27. The summed E-state index contributed by atoms with van der Waals surface area (Å²) in [5.74, 6) is 0.541. The monoisotopic (exact) mass is 273 g/mol. The van der Waals surface area contributed by atoms with E-state index < -0.39 is 0 Å². The molecule has 0 atom stereocenters. The number of hydrogen-bond donors (Lipinski definition) is 1. The Hall–Kier alpha value is -2.40. The third kappa shape index (κ3) is 2.28. The summed E-state index contributed by atoms with van der Waals surface area (Å²) in [7, 11) is 0. The van der Waals surface area contributed by atoms with Crippen LogP contribution in [0.25, 0.3) is 23.0 Å². The molecule has 19 heavy (non-hydrogen) atoms. The Morgan fingerprint density at radius 3 is 2.84 bits per heavy atom. The van der Waals surface area contributed by atoms with Crippen LogP contribution in [-0.2, 0) is 0 Å². The van der Waals surface area contributed by atoms with E-state index in [0.717, 1.165) is 5.56 Å². The van der Waals surface area contributed by atoms with Crippen LogP contribution >= 0.6 is 11.6 Å². The Morgan fingerprint density at radius 2 is 2.05 bits per heavy atom. The van der Waals surface area contributed by atoms with Gasteiger partial charge in [-0.3, -0.25) is 0 Å². The highest BCUT2D eigenvalue weighted by Gasteiger charge is 2.14. The van der Waals surface area contributed by atoms with Crippen LogP contribution in [0.15, 0.2) is 47.1 Å². The molecule has 2 heterocycles. The van der Waals surface area contributed by atoms with Gasteiger partial charge in [-0.15, -0.1) is 0 Å². The second-order valence-corrected chi connectivity index (χ2v) is 4.24. The topological polar surface area (TPSA) is 72.0 Å². The molecule has 94 valence electrons. The summed E-state index contributed by atoms with van der Waals surface area (Å²) >= 11 is 5.91. The summed E-state index contributed by atoms with van der Waals surface area (Å²) in [5.41, 5.74) is 0.987. The first kappa shape index (κ1) is 11.7. The summed E-state index contributed by atoms with van der Waals surface area (Å²) in [4.78, 5) is 8.19. The molecule has 3 rings (SSSR count). The lowest BCUT2D eigenvalue weighted by Crippen LogP contribution is -1.84. The first-order valence-electron chi connectivity index (χ1n) is 5.48. The maximum absolute atomic E-state index is 9.68. The van der Waals surface area contributed by atoms with E-state index in [1.54, 1.807) is 24.3 Å². The van der Waals surface area contributed by atoms with E-state index in [1.165, 1.54) is 12.3 Å². The number of rotatable bonds is 2. The van der Waals surface area contributed by atoms with Crippen LogP contribution in [0.2, 0.25) is 5.02 Å². The van der Waals surface area contributed by atoms with Crippen molar-refractivity contribution in [1.29, 1.82) is 0 Å². The maximum atomic E-state index is 9.68. The molecule has 0 aliphatic rings. The molecular weight excluding hydrogens is 266 g/mol. The Balaban J connectivity index is 2.03. The zero-order chi connectivity index (χ0) is 13.2. The van der Waals surface area contributed by atoms with Crippen LogP contribution in [0, 0.1) is 0 Å². The number of pyridine rings is 1. The minimum Gasteiger partial charge on any atom is -0.505 e. The average molecular weight is 274 g/mol. The molecule has 2 aromatic heterocycles. The van der Waals surface area contributed by atoms with Gasteiger partial charge < -0.3 is 9.63 Å². The van der Waals surface area contributed by atoms with Crippen LogP contribution in [0.4, 0.5) is 0 Å². The molecule has 0 unspecified atom stereocenters. The van der Waals surface area contributed by atoms with E-state index >= 15 is 0 Å². The summed E-state index contributed by atoms with van der Waals surface area (Å²) in [6.45, 7) is 0. The first-order valence-corrected chi connectivity index (χ1v) is 5.86. The van der Waals surface area contributed by atoms with Gasteiger partial charge in [0.05, 0.1) is 0 Å². The smallest absolute Gasteiger partial charge is 0.280 e. The molecule has 0 spiro atoms. The molecule has 0 saturated carbocycles. The van der Waals surface area contributed by atoms with Crippen LogP contribution in [0.3, 0.4) is 0 Å². The quantitative estimate of drug-likeness (QED) is 0.776. The normalized spacial score (nSPS) is 10.6. The Morgan fingerprint density at radius 1 is 1.16 bits per heavy atom. The molecule has 3 aromatic rings. The molecule has 0 radical (unpaired) electrons. The minimum atomic E-state index is -0.0104. The third-order valence-corrected chi connectivity index (χ3v) is 2.73. The van der Waals surface area contributed by atoms with Gasteiger partial charge in [0.2, 0.25) is 5.82 Å². The van der Waals surface area contributed by atoms with Crippen molar-refractivity contribution < 1.29 is 9.63 Å². The van der Waals surface area contributed by atoms with Gasteiger partial charge in [0, 0.05) is 16.8 Å². The van der Waals surface area contributed by atoms with Gasteiger partial charge in [0.25, 0.3) is 5.89 Å². The number of halogens is 1. The predicted octanol–water partition coefficient (Wildman–Crippen LogP) is 3.16. The lowest BCUT2D eigenvalue weighted by atomic mass is 10.2. The number of aromatic hydroxyl groups is 1. The lowest BCUT2D eigenvalue weighted by Gasteiger charge is -1.96. The molecule has 0 amide bonds. The van der Waals surface area contributed by atoms with Crippen molar-refractivity contribution in [2.45, 2.75) is 0 Å². The van der Waals surface area contributed by atoms with Crippen molar-refractivity contribution in [3.8, 4) is 28.7 Å². The molecule has 6 heteroatoms. The zero-order valence-corrected chi connectivity index (χ0v) is 10.4. The van der Waals surface area contributed by atoms with Crippen molar-refractivity contribution in [2.75, 3.05) is 0 Å². The zero-order valence-electron chi connectivity index (χ0n) is 9.62. The second-order valence-electron chi connectivity index (χ2n) is 3.80. The molecular formula is C13H8ClN3O2. The molecule has 5 nitrogen and oxygen atoms in total. The van der Waals surface area contributed by atoms with E-state index in [2.05, 4.69) is 15.1 Å². The fourth-order valence-electron chi connectivity index (χ4n) is 1.63. The fourth-order valence-corrected chi connectivity index (χ4v) is 1.82. The van der Waals surface area contributed by atoms with Crippen molar-refractivity contribution in [1.82, 2.24) is 15.1 Å². The van der Waals surface area contributed by atoms with Crippen molar-refractivity contribution in [3.05, 3.63) is 47.6 Å². The van der Waals surface area contributed by atoms with E-state index in [1.807, 2.05) is 6.07 Å². The molecule has 1 N–H and O–H groups in total. The Bertz CT molecular complexity index is 727. The van der Waals surface area contributed by atoms with E-state index in [9.17, 15) is 5.11 Å². The van der Waals surface area contributed by atoms with Crippen LogP contribution in [-0.4, -0.2) is 20.2 Å². The van der Waals surface area contributed by atoms with Crippen molar-refractivity contribution in [3.63, 3.8) is 0 Å². The molecule has 1 aromatic carbocycles. The standard InChI is InChI=1S/C13H8ClN3O2/c14-9-4-1-3-8(7-9)12-16-13(19-17-12)11-10(18)5-2-6-15-11/h1-7,18H. The van der Waals surface area contributed by atoms with E-state index in [4.69, 9.17) is 16.1 Å². The van der Waals surface area contributed by atoms with Crippen molar-refractivity contribution in [2.24, 2.45) is 0 Å². The number of aromatic nitrogens is 3. The number of hydrogen-bond acceptors (Lipinski definition) is 5. The molecule has 0 bridgehead atoms. The van der Waals surface area contributed by atoms with E-state index in [-0.39, 0.29) is 17.3 Å². The van der Waals surface area contributed by atoms with Crippen LogP contribution in [0.5, 0.6) is 5.75 Å². The van der Waals surface area contributed by atoms with E-state index in [0.29, 0.717) is 10.8 Å². The Kier molecular flexibility index (Phi) is 2.89. The van der Waals surface area contributed by atoms with Gasteiger partial charge in [-0.05, 0) is 24.3 Å². The summed E-state index contributed by atoms with van der Waals surface area (Å²) in [6.07, 6.45) is 1.54. The summed E-state index contributed by atoms with van der Waals surface area (Å²) in [6, 6.07) is 10.2. The predicted molar refractivity (Wildman–Crippen MR) is 69.6 cm³/mol. The highest BCUT2D eigenvalue weighted by atomic mass is 35.5.